The largest absolute Gasteiger partial charge is 0.369 e. The number of carbonyl (C=O) groups is 1. The third-order valence-corrected chi connectivity index (χ3v) is 4.29. The van der Waals surface area contributed by atoms with Gasteiger partial charge in [-0.2, -0.15) is 5.10 Å². The average molecular weight is 205 g/mol. The zero-order chi connectivity index (χ0) is 10.6. The number of hydrogen-bond donors (Lipinski definition) is 1. The van der Waals surface area contributed by atoms with Gasteiger partial charge in [0.1, 0.15) is 0 Å². The molecule has 3 saturated carbocycles. The molecular formula is C11H15N3O. The number of nitrogens with two attached hydrogens (primary N) is 1. The van der Waals surface area contributed by atoms with Crippen molar-refractivity contribution in [3.8, 4) is 0 Å². The second-order valence-corrected chi connectivity index (χ2v) is 4.88. The molecule has 0 spiro atoms. The van der Waals surface area contributed by atoms with Crippen LogP contribution in [-0.4, -0.2) is 15.7 Å². The van der Waals surface area contributed by atoms with Crippen LogP contribution < -0.4 is 5.73 Å². The number of hydrogen-bond acceptors (Lipinski definition) is 2. The Balaban J connectivity index is 2.05. The quantitative estimate of drug-likeness (QED) is 0.767. The SMILES string of the molecule is Cn1nccc1C12CCC(C1)C2C(N)=O. The van der Waals surface area contributed by atoms with Crippen molar-refractivity contribution in [3.63, 3.8) is 0 Å². The van der Waals surface area contributed by atoms with E-state index >= 15 is 0 Å². The van der Waals surface area contributed by atoms with Crippen molar-refractivity contribution in [2.75, 3.05) is 0 Å². The van der Waals surface area contributed by atoms with Gasteiger partial charge in [0.15, 0.2) is 0 Å². The molecule has 4 heteroatoms. The number of fused-ring (bicyclic) bond motifs is 1. The zero-order valence-electron chi connectivity index (χ0n) is 8.81. The molecule has 1 aromatic rings. The Kier molecular flexibility index (Phi) is 1.56. The van der Waals surface area contributed by atoms with Gasteiger partial charge in [0.05, 0.1) is 5.92 Å². The number of primary amides is 1. The summed E-state index contributed by atoms with van der Waals surface area (Å²) in [5, 5.41) is 4.19. The lowest BCUT2D eigenvalue weighted by Crippen LogP contribution is -2.51. The first-order chi connectivity index (χ1) is 7.15. The highest BCUT2D eigenvalue weighted by atomic mass is 16.1. The molecule has 0 saturated heterocycles. The standard InChI is InChI=1S/C11H15N3O/c1-14-8(3-5-13-14)11-4-2-7(6-11)9(11)10(12)15/h3,5,7,9H,2,4,6H2,1H3,(H2,12,15). The minimum Gasteiger partial charge on any atom is -0.369 e. The van der Waals surface area contributed by atoms with Crippen molar-refractivity contribution < 1.29 is 4.79 Å². The van der Waals surface area contributed by atoms with E-state index < -0.39 is 0 Å². The van der Waals surface area contributed by atoms with E-state index in [1.165, 1.54) is 5.69 Å². The highest BCUT2D eigenvalue weighted by molar-refractivity contribution is 5.81. The van der Waals surface area contributed by atoms with Crippen LogP contribution in [0.4, 0.5) is 0 Å². The van der Waals surface area contributed by atoms with E-state index in [4.69, 9.17) is 5.73 Å². The molecule has 3 aliphatic rings. The summed E-state index contributed by atoms with van der Waals surface area (Å²) < 4.78 is 1.89. The van der Waals surface area contributed by atoms with Crippen molar-refractivity contribution >= 4 is 5.91 Å². The summed E-state index contributed by atoms with van der Waals surface area (Å²) in [4.78, 5) is 11.4. The number of aromatic nitrogens is 2. The fourth-order valence-corrected chi connectivity index (χ4v) is 3.73. The summed E-state index contributed by atoms with van der Waals surface area (Å²) in [6.07, 6.45) is 5.14. The third kappa shape index (κ3) is 0.919. The van der Waals surface area contributed by atoms with E-state index in [0.717, 1.165) is 19.3 Å². The molecule has 1 aromatic heterocycles. The van der Waals surface area contributed by atoms with Crippen LogP contribution in [0.25, 0.3) is 0 Å². The number of carbonyl (C=O) groups excluding carboxylic acids is 1. The second kappa shape index (κ2) is 2.62. The van der Waals surface area contributed by atoms with Gasteiger partial charge in [-0.25, -0.2) is 0 Å². The Hall–Kier alpha value is -1.32. The van der Waals surface area contributed by atoms with E-state index in [0.29, 0.717) is 5.92 Å². The predicted molar refractivity (Wildman–Crippen MR) is 54.9 cm³/mol. The van der Waals surface area contributed by atoms with Gasteiger partial charge < -0.3 is 5.73 Å². The lowest BCUT2D eigenvalue weighted by molar-refractivity contribution is -0.129. The molecule has 3 atom stereocenters. The van der Waals surface area contributed by atoms with Gasteiger partial charge >= 0.3 is 0 Å². The van der Waals surface area contributed by atoms with Gasteiger partial charge in [0.2, 0.25) is 5.91 Å². The van der Waals surface area contributed by atoms with Crippen LogP contribution in [0.5, 0.6) is 0 Å². The van der Waals surface area contributed by atoms with Crippen LogP contribution in [0.1, 0.15) is 25.0 Å². The number of aryl methyl sites for hydroxylation is 1. The van der Waals surface area contributed by atoms with Crippen LogP contribution in [0.3, 0.4) is 0 Å². The molecule has 2 bridgehead atoms. The first kappa shape index (κ1) is 8.95. The maximum absolute atomic E-state index is 11.4. The smallest absolute Gasteiger partial charge is 0.221 e. The van der Waals surface area contributed by atoms with Crippen LogP contribution in [0.2, 0.25) is 0 Å². The Morgan fingerprint density at radius 2 is 2.53 bits per heavy atom. The molecule has 15 heavy (non-hydrogen) atoms. The molecule has 3 aliphatic carbocycles. The maximum atomic E-state index is 11.4. The lowest BCUT2D eigenvalue weighted by Gasteiger charge is -2.45. The fourth-order valence-electron chi connectivity index (χ4n) is 3.73. The van der Waals surface area contributed by atoms with Crippen molar-refractivity contribution in [2.45, 2.75) is 24.7 Å². The van der Waals surface area contributed by atoms with Crippen LogP contribution in [-0.2, 0) is 17.3 Å². The molecule has 3 unspecified atom stereocenters. The molecule has 4 nitrogen and oxygen atoms in total. The molecule has 0 radical (unpaired) electrons. The molecule has 80 valence electrons. The van der Waals surface area contributed by atoms with Crippen LogP contribution in [0, 0.1) is 11.8 Å². The number of nitrogens with zero attached hydrogens (tertiary/aromatic N) is 2. The highest BCUT2D eigenvalue weighted by Gasteiger charge is 2.63. The zero-order valence-corrected chi connectivity index (χ0v) is 8.81. The molecule has 0 aromatic carbocycles. The highest BCUT2D eigenvalue weighted by Crippen LogP contribution is 2.63. The van der Waals surface area contributed by atoms with Crippen molar-refractivity contribution in [1.29, 1.82) is 0 Å². The summed E-state index contributed by atoms with van der Waals surface area (Å²) >= 11 is 0. The Morgan fingerprint density at radius 1 is 1.73 bits per heavy atom. The summed E-state index contributed by atoms with van der Waals surface area (Å²) in [5.74, 6) is 0.440. The van der Waals surface area contributed by atoms with E-state index in [2.05, 4.69) is 5.10 Å². The summed E-state index contributed by atoms with van der Waals surface area (Å²) in [7, 11) is 1.94. The molecule has 3 fully saturated rings. The molecular weight excluding hydrogens is 190 g/mol. The predicted octanol–water partition coefficient (Wildman–Crippen LogP) is 0.573. The molecule has 4 rings (SSSR count). The second-order valence-electron chi connectivity index (χ2n) is 4.88. The third-order valence-electron chi connectivity index (χ3n) is 4.29. The molecule has 1 amide bonds. The van der Waals surface area contributed by atoms with E-state index in [9.17, 15) is 4.79 Å². The normalized spacial score (nSPS) is 37.7. The fraction of sp³-hybridized carbons (Fsp3) is 0.636. The average Bonchev–Trinajstić information content (AvgIpc) is 2.73. The minimum absolute atomic E-state index is 0.0156. The molecule has 0 aliphatic heterocycles. The number of rotatable bonds is 2. The van der Waals surface area contributed by atoms with Crippen molar-refractivity contribution in [1.82, 2.24) is 9.78 Å². The van der Waals surface area contributed by atoms with Crippen molar-refractivity contribution in [3.05, 3.63) is 18.0 Å². The summed E-state index contributed by atoms with van der Waals surface area (Å²) in [5.41, 5.74) is 6.69. The topological polar surface area (TPSA) is 60.9 Å². The van der Waals surface area contributed by atoms with Gasteiger partial charge in [0.25, 0.3) is 0 Å². The van der Waals surface area contributed by atoms with E-state index in [1.54, 1.807) is 6.20 Å². The Morgan fingerprint density at radius 3 is 3.07 bits per heavy atom. The minimum atomic E-state index is -0.134. The van der Waals surface area contributed by atoms with Crippen LogP contribution in [0.15, 0.2) is 12.3 Å². The number of amides is 1. The van der Waals surface area contributed by atoms with Gasteiger partial charge in [0, 0.05) is 24.4 Å². The first-order valence-corrected chi connectivity index (χ1v) is 5.43. The maximum Gasteiger partial charge on any atom is 0.221 e. The van der Waals surface area contributed by atoms with Gasteiger partial charge in [-0.1, -0.05) is 0 Å². The van der Waals surface area contributed by atoms with Crippen LogP contribution >= 0.6 is 0 Å². The Bertz CT molecular complexity index is 421. The molecule has 1 heterocycles. The Labute approximate surface area is 88.4 Å². The van der Waals surface area contributed by atoms with E-state index in [1.807, 2.05) is 17.8 Å². The molecule has 2 N–H and O–H groups in total. The lowest BCUT2D eigenvalue weighted by atomic mass is 9.58. The van der Waals surface area contributed by atoms with E-state index in [-0.39, 0.29) is 17.2 Å². The summed E-state index contributed by atoms with van der Waals surface area (Å²) in [6.45, 7) is 0. The first-order valence-electron chi connectivity index (χ1n) is 5.43. The van der Waals surface area contributed by atoms with Gasteiger partial charge in [-0.3, -0.25) is 9.48 Å². The monoisotopic (exact) mass is 205 g/mol. The van der Waals surface area contributed by atoms with Gasteiger partial charge in [-0.05, 0) is 31.2 Å². The van der Waals surface area contributed by atoms with Crippen molar-refractivity contribution in [2.24, 2.45) is 24.6 Å². The van der Waals surface area contributed by atoms with Gasteiger partial charge in [-0.15, -0.1) is 0 Å². The summed E-state index contributed by atoms with van der Waals surface area (Å²) in [6, 6.07) is 2.03.